The van der Waals surface area contributed by atoms with Crippen molar-refractivity contribution >= 4 is 21.8 Å². The highest BCUT2D eigenvalue weighted by Crippen LogP contribution is 2.21. The van der Waals surface area contributed by atoms with Crippen molar-refractivity contribution in [1.29, 1.82) is 0 Å². The molecule has 2 saturated heterocycles. The number of benzene rings is 1. The van der Waals surface area contributed by atoms with E-state index in [2.05, 4.69) is 10.2 Å². The first-order valence-electron chi connectivity index (χ1n) is 10.7. The number of rotatable bonds is 7. The molecular weight excluding hydrogens is 404 g/mol. The van der Waals surface area contributed by atoms with Crippen LogP contribution in [-0.2, 0) is 26.0 Å². The van der Waals surface area contributed by atoms with Crippen molar-refractivity contribution in [1.82, 2.24) is 15.1 Å². The third-order valence-electron chi connectivity index (χ3n) is 5.96. The van der Waals surface area contributed by atoms with E-state index < -0.39 is 10.0 Å². The Morgan fingerprint density at radius 3 is 2.23 bits per heavy atom. The largest absolute Gasteiger partial charge is 0.355 e. The summed E-state index contributed by atoms with van der Waals surface area (Å²) < 4.78 is 22.5. The molecule has 2 amide bonds. The number of sulfonamides is 1. The molecule has 3 rings (SSSR count). The fourth-order valence-corrected chi connectivity index (χ4v) is 4.68. The third-order valence-corrected chi connectivity index (χ3v) is 6.89. The molecule has 0 spiro atoms. The van der Waals surface area contributed by atoms with Crippen molar-refractivity contribution in [2.45, 2.75) is 43.4 Å². The first-order chi connectivity index (χ1) is 14.3. The molecule has 166 valence electrons. The highest BCUT2D eigenvalue weighted by atomic mass is 32.2. The van der Waals surface area contributed by atoms with Gasteiger partial charge < -0.3 is 10.2 Å². The van der Waals surface area contributed by atoms with Crippen LogP contribution in [0.5, 0.6) is 0 Å². The predicted molar refractivity (Wildman–Crippen MR) is 114 cm³/mol. The Morgan fingerprint density at radius 2 is 1.63 bits per heavy atom. The number of likely N-dealkylation sites (tertiary alicyclic amines) is 2. The lowest BCUT2D eigenvalue weighted by atomic mass is 9.94. The second-order valence-electron chi connectivity index (χ2n) is 8.23. The quantitative estimate of drug-likeness (QED) is 0.654. The Balaban J connectivity index is 1.34. The van der Waals surface area contributed by atoms with Crippen LogP contribution in [-0.4, -0.2) is 69.3 Å². The van der Waals surface area contributed by atoms with Crippen LogP contribution in [0.1, 0.15) is 37.7 Å². The van der Waals surface area contributed by atoms with Gasteiger partial charge in [0.1, 0.15) is 0 Å². The number of nitrogens with zero attached hydrogens (tertiary/aromatic N) is 2. The van der Waals surface area contributed by atoms with Gasteiger partial charge in [-0.25, -0.2) is 13.6 Å². The number of nitrogens with one attached hydrogen (secondary N) is 1. The summed E-state index contributed by atoms with van der Waals surface area (Å²) in [7, 11) is -3.68. The first-order valence-corrected chi connectivity index (χ1v) is 12.3. The Morgan fingerprint density at radius 1 is 1.00 bits per heavy atom. The molecule has 30 heavy (non-hydrogen) atoms. The maximum absolute atomic E-state index is 12.6. The van der Waals surface area contributed by atoms with Crippen LogP contribution in [0.25, 0.3) is 0 Å². The van der Waals surface area contributed by atoms with E-state index in [1.54, 1.807) is 12.1 Å². The van der Waals surface area contributed by atoms with Gasteiger partial charge in [0, 0.05) is 25.6 Å². The summed E-state index contributed by atoms with van der Waals surface area (Å²) in [6, 6.07) is 6.36. The van der Waals surface area contributed by atoms with Gasteiger partial charge in [-0.2, -0.15) is 0 Å². The van der Waals surface area contributed by atoms with Crippen LogP contribution in [0.4, 0.5) is 0 Å². The lowest BCUT2D eigenvalue weighted by Gasteiger charge is -2.35. The molecule has 2 heterocycles. The predicted octanol–water partition coefficient (Wildman–Crippen LogP) is 0.717. The van der Waals surface area contributed by atoms with Crippen molar-refractivity contribution < 1.29 is 18.0 Å². The number of primary sulfonamides is 1. The van der Waals surface area contributed by atoms with Gasteiger partial charge in [0.15, 0.2) is 0 Å². The topological polar surface area (TPSA) is 113 Å². The minimum Gasteiger partial charge on any atom is -0.355 e. The average molecular weight is 437 g/mol. The number of piperidine rings is 2. The molecule has 0 unspecified atom stereocenters. The summed E-state index contributed by atoms with van der Waals surface area (Å²) in [5.41, 5.74) is 0.930. The maximum atomic E-state index is 12.6. The molecule has 1 aromatic carbocycles. The van der Waals surface area contributed by atoms with E-state index in [0.29, 0.717) is 25.4 Å². The Labute approximate surface area is 178 Å². The summed E-state index contributed by atoms with van der Waals surface area (Å²) in [5, 5.41) is 8.00. The monoisotopic (exact) mass is 436 g/mol. The SMILES string of the molecule is NS(=O)(=O)c1ccc(CCNC(=O)CN2CCC(C(=O)N3CCCCC3)CC2)cc1. The Bertz CT molecular complexity index is 827. The molecule has 2 fully saturated rings. The summed E-state index contributed by atoms with van der Waals surface area (Å²) in [6.07, 6.45) is 5.70. The number of carbonyl (C=O) groups is 2. The number of nitrogens with two attached hydrogens (primary N) is 1. The van der Waals surface area contributed by atoms with Crippen molar-refractivity contribution in [3.63, 3.8) is 0 Å². The second kappa shape index (κ2) is 10.4. The van der Waals surface area contributed by atoms with E-state index in [9.17, 15) is 18.0 Å². The number of amides is 2. The molecule has 0 aliphatic carbocycles. The zero-order valence-electron chi connectivity index (χ0n) is 17.4. The molecule has 0 radical (unpaired) electrons. The first kappa shape index (κ1) is 22.7. The van der Waals surface area contributed by atoms with Crippen LogP contribution < -0.4 is 10.5 Å². The molecular formula is C21H32N4O4S. The standard InChI is InChI=1S/C21H32N4O4S/c22-30(28,29)19-6-4-17(5-7-19)8-11-23-20(26)16-24-14-9-18(10-15-24)21(27)25-12-2-1-3-13-25/h4-7,18H,1-3,8-16H2,(H,23,26)(H2,22,28,29). The molecule has 9 heteroatoms. The molecule has 1 aromatic rings. The van der Waals surface area contributed by atoms with Crippen molar-refractivity contribution in [3.05, 3.63) is 29.8 Å². The average Bonchev–Trinajstić information content (AvgIpc) is 2.74. The summed E-state index contributed by atoms with van der Waals surface area (Å²) in [4.78, 5) is 29.1. The summed E-state index contributed by atoms with van der Waals surface area (Å²) >= 11 is 0. The van der Waals surface area contributed by atoms with Gasteiger partial charge in [-0.3, -0.25) is 14.5 Å². The molecule has 2 aliphatic heterocycles. The van der Waals surface area contributed by atoms with E-state index >= 15 is 0 Å². The van der Waals surface area contributed by atoms with Gasteiger partial charge in [-0.1, -0.05) is 12.1 Å². The van der Waals surface area contributed by atoms with E-state index in [-0.39, 0.29) is 16.7 Å². The molecule has 0 saturated carbocycles. The van der Waals surface area contributed by atoms with Crippen LogP contribution in [0.15, 0.2) is 29.2 Å². The van der Waals surface area contributed by atoms with Crippen LogP contribution in [0.2, 0.25) is 0 Å². The molecule has 3 N–H and O–H groups in total. The fraction of sp³-hybridized carbons (Fsp3) is 0.619. The number of hydrogen-bond donors (Lipinski definition) is 2. The Hall–Kier alpha value is -1.97. The fourth-order valence-electron chi connectivity index (χ4n) is 4.16. The minimum absolute atomic E-state index is 0.0306. The number of hydrogen-bond acceptors (Lipinski definition) is 5. The van der Waals surface area contributed by atoms with Crippen LogP contribution in [0, 0.1) is 5.92 Å². The summed E-state index contributed by atoms with van der Waals surface area (Å²) in [6.45, 7) is 4.16. The number of carbonyl (C=O) groups excluding carboxylic acids is 2. The van der Waals surface area contributed by atoms with E-state index in [4.69, 9.17) is 5.14 Å². The van der Waals surface area contributed by atoms with Gasteiger partial charge in [-0.05, 0) is 69.3 Å². The van der Waals surface area contributed by atoms with E-state index in [0.717, 1.165) is 57.4 Å². The minimum atomic E-state index is -3.68. The highest BCUT2D eigenvalue weighted by molar-refractivity contribution is 7.89. The van der Waals surface area contributed by atoms with Crippen LogP contribution >= 0.6 is 0 Å². The van der Waals surface area contributed by atoms with Gasteiger partial charge in [0.2, 0.25) is 21.8 Å². The molecule has 0 atom stereocenters. The zero-order chi connectivity index (χ0) is 21.6. The third kappa shape index (κ3) is 6.52. The Kier molecular flexibility index (Phi) is 7.85. The smallest absolute Gasteiger partial charge is 0.238 e. The maximum Gasteiger partial charge on any atom is 0.238 e. The van der Waals surface area contributed by atoms with Gasteiger partial charge in [-0.15, -0.1) is 0 Å². The van der Waals surface area contributed by atoms with E-state index in [1.807, 2.05) is 4.90 Å². The van der Waals surface area contributed by atoms with E-state index in [1.165, 1.54) is 18.6 Å². The lowest BCUT2D eigenvalue weighted by molar-refractivity contribution is -0.138. The molecule has 8 nitrogen and oxygen atoms in total. The van der Waals surface area contributed by atoms with Gasteiger partial charge in [0.05, 0.1) is 11.4 Å². The van der Waals surface area contributed by atoms with Crippen molar-refractivity contribution in [2.24, 2.45) is 11.1 Å². The molecule has 0 bridgehead atoms. The molecule has 0 aromatic heterocycles. The van der Waals surface area contributed by atoms with Crippen LogP contribution in [0.3, 0.4) is 0 Å². The highest BCUT2D eigenvalue weighted by Gasteiger charge is 2.29. The van der Waals surface area contributed by atoms with Crippen molar-refractivity contribution in [3.8, 4) is 0 Å². The lowest BCUT2D eigenvalue weighted by Crippen LogP contribution is -2.46. The van der Waals surface area contributed by atoms with Gasteiger partial charge >= 0.3 is 0 Å². The van der Waals surface area contributed by atoms with Crippen molar-refractivity contribution in [2.75, 3.05) is 39.3 Å². The van der Waals surface area contributed by atoms with Gasteiger partial charge in [0.25, 0.3) is 0 Å². The normalized spacial score (nSPS) is 18.9. The molecule has 2 aliphatic rings. The second-order valence-corrected chi connectivity index (χ2v) is 9.79. The zero-order valence-corrected chi connectivity index (χ0v) is 18.2. The summed E-state index contributed by atoms with van der Waals surface area (Å²) in [5.74, 6) is 0.368.